The summed E-state index contributed by atoms with van der Waals surface area (Å²) in [6.45, 7) is 2.62. The number of rotatable bonds is 6. The summed E-state index contributed by atoms with van der Waals surface area (Å²) in [4.78, 5) is 45.8. The van der Waals surface area contributed by atoms with Gasteiger partial charge < -0.3 is 39.4 Å². The molecule has 4 N–H and O–H groups in total. The van der Waals surface area contributed by atoms with E-state index in [1.54, 1.807) is 13.8 Å². The van der Waals surface area contributed by atoms with Gasteiger partial charge >= 0.3 is 5.97 Å². The molecule has 2 aliphatic carbocycles. The van der Waals surface area contributed by atoms with Crippen molar-refractivity contribution in [1.29, 1.82) is 0 Å². The van der Waals surface area contributed by atoms with Crippen LogP contribution in [0.15, 0.2) is 46.2 Å². The summed E-state index contributed by atoms with van der Waals surface area (Å²) < 4.78 is 25.0. The van der Waals surface area contributed by atoms with E-state index in [1.807, 2.05) is 30.4 Å². The second-order valence-corrected chi connectivity index (χ2v) is 14.9. The Morgan fingerprint density at radius 3 is 2.70 bits per heavy atom. The van der Waals surface area contributed by atoms with Crippen molar-refractivity contribution >= 4 is 29.7 Å². The van der Waals surface area contributed by atoms with Gasteiger partial charge in [0.15, 0.2) is 6.29 Å². The van der Waals surface area contributed by atoms with Gasteiger partial charge in [-0.25, -0.2) is 4.79 Å². The predicted molar refractivity (Wildman–Crippen MR) is 190 cm³/mol. The van der Waals surface area contributed by atoms with Crippen molar-refractivity contribution in [3.8, 4) is 17.2 Å². The van der Waals surface area contributed by atoms with Crippen LogP contribution in [0.1, 0.15) is 79.2 Å². The van der Waals surface area contributed by atoms with Crippen LogP contribution in [0.2, 0.25) is 0 Å². The maximum atomic E-state index is 14.3. The third kappa shape index (κ3) is 5.65. The topological polar surface area (TPSA) is 181 Å². The first-order valence-electron chi connectivity index (χ1n) is 18.4. The largest absolute Gasteiger partial charge is 0.492 e. The third-order valence-corrected chi connectivity index (χ3v) is 11.6. The van der Waals surface area contributed by atoms with Crippen molar-refractivity contribution in [2.75, 3.05) is 33.0 Å². The van der Waals surface area contributed by atoms with Crippen molar-refractivity contribution in [2.45, 2.75) is 76.1 Å². The normalized spacial score (nSPS) is 28.2. The van der Waals surface area contributed by atoms with Crippen molar-refractivity contribution < 1.29 is 53.8 Å². The number of aliphatic hydroxyl groups excluding tert-OH is 3. The number of esters is 1. The van der Waals surface area contributed by atoms with Crippen LogP contribution in [0, 0.1) is 11.8 Å². The highest BCUT2D eigenvalue weighted by Crippen LogP contribution is 2.60. The van der Waals surface area contributed by atoms with Crippen LogP contribution in [-0.4, -0.2) is 83.1 Å². The summed E-state index contributed by atoms with van der Waals surface area (Å²) >= 11 is 0. The van der Waals surface area contributed by atoms with Crippen LogP contribution in [0.25, 0.3) is 11.6 Å². The lowest BCUT2D eigenvalue weighted by atomic mass is 9.70. The SMILES string of the molecule is CCOC(=O)C1=C(C=O)C2=C3CC(CO)C(=O)C(C3)c3cc4c(cc3CCC(CO)COc3c2c(c(CO)c2c3C3C=CCC(C)(O)C3O2)O1)=NCC=4. The van der Waals surface area contributed by atoms with Gasteiger partial charge in [-0.05, 0) is 74.4 Å². The van der Waals surface area contributed by atoms with Crippen LogP contribution < -0.4 is 24.8 Å². The molecule has 53 heavy (non-hydrogen) atoms. The molecule has 278 valence electrons. The van der Waals surface area contributed by atoms with Crippen molar-refractivity contribution in [2.24, 2.45) is 16.8 Å². The molecule has 8 rings (SSSR count). The molecule has 1 saturated carbocycles. The van der Waals surface area contributed by atoms with Crippen LogP contribution in [0.4, 0.5) is 0 Å². The smallest absolute Gasteiger partial charge is 0.375 e. The number of aliphatic hydroxyl groups is 4. The molecule has 0 spiro atoms. The van der Waals surface area contributed by atoms with E-state index >= 15 is 0 Å². The zero-order valence-electron chi connectivity index (χ0n) is 29.7. The average Bonchev–Trinajstić information content (AvgIpc) is 3.78. The minimum atomic E-state index is -1.29. The first-order valence-corrected chi connectivity index (χ1v) is 18.4. The molecule has 12 heteroatoms. The molecule has 6 atom stereocenters. The number of carbonyl (C=O) groups is 3. The molecule has 12 nitrogen and oxygen atoms in total. The van der Waals surface area contributed by atoms with Gasteiger partial charge in [-0.1, -0.05) is 23.8 Å². The molecule has 0 aromatic heterocycles. The second kappa shape index (κ2) is 13.7. The lowest BCUT2D eigenvalue weighted by molar-refractivity contribution is -0.141. The highest BCUT2D eigenvalue weighted by molar-refractivity contribution is 6.11. The van der Waals surface area contributed by atoms with Gasteiger partial charge in [0.05, 0.1) is 55.0 Å². The van der Waals surface area contributed by atoms with E-state index in [2.05, 4.69) is 4.99 Å². The molecule has 2 aromatic carbocycles. The predicted octanol–water partition coefficient (Wildman–Crippen LogP) is 2.00. The van der Waals surface area contributed by atoms with Gasteiger partial charge in [0, 0.05) is 41.4 Å². The second-order valence-electron chi connectivity index (χ2n) is 14.9. The number of allylic oxidation sites excluding steroid dienone is 3. The van der Waals surface area contributed by atoms with E-state index in [0.717, 1.165) is 21.7 Å². The number of benzene rings is 2. The minimum absolute atomic E-state index is 0.00793. The van der Waals surface area contributed by atoms with Gasteiger partial charge in [-0.2, -0.15) is 0 Å². The lowest BCUT2D eigenvalue weighted by Gasteiger charge is -2.35. The Labute approximate surface area is 305 Å². The Hall–Kier alpha value is -4.62. The number of Topliss-reactive ketones (excluding diaryl/α,β-unsaturated/α-hetero) is 1. The summed E-state index contributed by atoms with van der Waals surface area (Å²) in [6, 6.07) is 4.00. The highest BCUT2D eigenvalue weighted by Gasteiger charge is 2.51. The number of hydrogen-bond donors (Lipinski definition) is 4. The van der Waals surface area contributed by atoms with Crippen LogP contribution in [-0.2, 0) is 32.1 Å². The maximum Gasteiger partial charge on any atom is 0.375 e. The maximum absolute atomic E-state index is 14.3. The molecule has 6 aliphatic rings. The molecule has 0 saturated heterocycles. The number of aldehydes is 1. The molecule has 2 bridgehead atoms. The third-order valence-electron chi connectivity index (χ3n) is 11.6. The number of ether oxygens (including phenoxy) is 4. The molecule has 1 fully saturated rings. The molecule has 0 radical (unpaired) electrons. The first-order chi connectivity index (χ1) is 25.6. The Morgan fingerprint density at radius 1 is 1.13 bits per heavy atom. The fourth-order valence-electron chi connectivity index (χ4n) is 8.97. The van der Waals surface area contributed by atoms with Gasteiger partial charge in [-0.15, -0.1) is 0 Å². The Kier molecular flexibility index (Phi) is 9.13. The summed E-state index contributed by atoms with van der Waals surface area (Å²) in [5.74, 6) is -3.33. The van der Waals surface area contributed by atoms with Crippen LogP contribution in [0.5, 0.6) is 17.2 Å². The van der Waals surface area contributed by atoms with Crippen molar-refractivity contribution in [1.82, 2.24) is 0 Å². The van der Waals surface area contributed by atoms with E-state index in [1.165, 1.54) is 0 Å². The summed E-state index contributed by atoms with van der Waals surface area (Å²) in [6.07, 6.45) is 7.15. The van der Waals surface area contributed by atoms with Gasteiger partial charge in [-0.3, -0.25) is 14.6 Å². The minimum Gasteiger partial charge on any atom is -0.492 e. The fourth-order valence-corrected chi connectivity index (χ4v) is 8.97. The molecule has 4 aliphatic heterocycles. The highest BCUT2D eigenvalue weighted by atomic mass is 16.6. The van der Waals surface area contributed by atoms with E-state index in [-0.39, 0.29) is 78.5 Å². The average molecular weight is 726 g/mol. The van der Waals surface area contributed by atoms with E-state index in [0.29, 0.717) is 54.4 Å². The molecular formula is C41H43NO11. The summed E-state index contributed by atoms with van der Waals surface area (Å²) in [5.41, 5.74) is 2.23. The molecular weight excluding hydrogens is 682 g/mol. The Bertz CT molecular complexity index is 2140. The summed E-state index contributed by atoms with van der Waals surface area (Å²) in [5, 5.41) is 45.6. The van der Waals surface area contributed by atoms with Crippen LogP contribution >= 0.6 is 0 Å². The van der Waals surface area contributed by atoms with Crippen molar-refractivity contribution in [3.63, 3.8) is 0 Å². The van der Waals surface area contributed by atoms with E-state index in [9.17, 15) is 34.8 Å². The number of nitrogens with zero attached hydrogens (tertiary/aromatic N) is 1. The van der Waals surface area contributed by atoms with Crippen LogP contribution in [0.3, 0.4) is 0 Å². The Morgan fingerprint density at radius 2 is 1.96 bits per heavy atom. The number of hydrogen-bond acceptors (Lipinski definition) is 12. The molecule has 2 aromatic rings. The van der Waals surface area contributed by atoms with Gasteiger partial charge in [0.1, 0.15) is 34.7 Å². The van der Waals surface area contributed by atoms with Crippen molar-refractivity contribution in [3.05, 3.63) is 79.6 Å². The van der Waals surface area contributed by atoms with E-state index < -0.39 is 48.6 Å². The molecule has 0 amide bonds. The number of fused-ring (bicyclic) bond motifs is 9. The number of aryl methyl sites for hydroxylation is 1. The molecule has 6 unspecified atom stereocenters. The standard InChI is InChI=1S/C41H43NO11/c1-3-50-40(48)37-28(17-45)31-23-11-24(16-44)34(47)27(13-23)26-12-22-8-10-42-30(22)14-21(26)7-6-20(15-43)19-51-38-32-25-5-4-9-41(2,49)39(25)53-35(32)29(18-46)36(52-37)33(31)38/h4-5,8,12,14,17,20,24-25,27,39,43-44,46,49H,3,6-7,9-11,13,15-16,18-19H2,1-2H3. The first kappa shape index (κ1) is 35.4. The number of ketones is 1. The van der Waals surface area contributed by atoms with Gasteiger partial charge in [0.2, 0.25) is 5.76 Å². The lowest BCUT2D eigenvalue weighted by Crippen LogP contribution is -2.45. The summed E-state index contributed by atoms with van der Waals surface area (Å²) in [7, 11) is 0. The fraction of sp³-hybridized carbons (Fsp3) is 0.463. The monoisotopic (exact) mass is 725 g/mol. The number of carbonyl (C=O) groups excluding carboxylic acids is 3. The van der Waals surface area contributed by atoms with E-state index in [4.69, 9.17) is 18.9 Å². The van der Waals surface area contributed by atoms with Gasteiger partial charge in [0.25, 0.3) is 0 Å². The zero-order chi connectivity index (χ0) is 37.2. The zero-order valence-corrected chi connectivity index (χ0v) is 29.7. The Balaban J connectivity index is 1.47. The quantitative estimate of drug-likeness (QED) is 0.194. The molecule has 4 heterocycles.